The summed E-state index contributed by atoms with van der Waals surface area (Å²) < 4.78 is 5.23. The van der Waals surface area contributed by atoms with Gasteiger partial charge in [-0.1, -0.05) is 175 Å². The molecule has 0 atom stereocenters. The fourth-order valence-electron chi connectivity index (χ4n) is 6.33. The molecule has 2 heteroatoms. The number of rotatable bonds is 32. The van der Waals surface area contributed by atoms with E-state index in [4.69, 9.17) is 0 Å². The lowest BCUT2D eigenvalue weighted by atomic mass is 10.0. The second kappa shape index (κ2) is 29.7. The SMILES string of the molecule is CCCCCCCCCCCCCCCC[n+]1ccn(CCCCCC)c1CCCCCCCCCCCCC. The Hall–Kier alpha value is -0.790. The number of imidazole rings is 1. The van der Waals surface area contributed by atoms with Gasteiger partial charge in [0.1, 0.15) is 12.4 Å². The number of hydrogen-bond acceptors (Lipinski definition) is 0. The first-order valence-corrected chi connectivity index (χ1v) is 18.9. The summed E-state index contributed by atoms with van der Waals surface area (Å²) >= 11 is 0. The summed E-state index contributed by atoms with van der Waals surface area (Å²) in [6.45, 7) is 9.39. The van der Waals surface area contributed by atoms with Gasteiger partial charge in [-0.25, -0.2) is 9.13 Å². The van der Waals surface area contributed by atoms with Gasteiger partial charge in [-0.05, 0) is 32.1 Å². The second-order valence-corrected chi connectivity index (χ2v) is 13.0. The van der Waals surface area contributed by atoms with Crippen LogP contribution in [-0.2, 0) is 19.5 Å². The molecule has 0 spiro atoms. The van der Waals surface area contributed by atoms with Crippen LogP contribution in [0.25, 0.3) is 0 Å². The Morgan fingerprint density at radius 1 is 0.425 bits per heavy atom. The molecular formula is C38H75N2+. The van der Waals surface area contributed by atoms with Crippen molar-refractivity contribution in [2.24, 2.45) is 0 Å². The van der Waals surface area contributed by atoms with E-state index in [2.05, 4.69) is 42.3 Å². The van der Waals surface area contributed by atoms with Crippen LogP contribution >= 0.6 is 0 Å². The maximum atomic E-state index is 2.62. The average molecular weight is 560 g/mol. The number of nitrogens with zero attached hydrogens (tertiary/aromatic N) is 2. The molecule has 0 saturated carbocycles. The van der Waals surface area contributed by atoms with Gasteiger partial charge in [-0.15, -0.1) is 0 Å². The Morgan fingerprint density at radius 2 is 0.775 bits per heavy atom. The molecule has 0 bridgehead atoms. The topological polar surface area (TPSA) is 8.81 Å². The van der Waals surface area contributed by atoms with Crippen molar-refractivity contribution in [3.05, 3.63) is 18.2 Å². The van der Waals surface area contributed by atoms with Gasteiger partial charge in [-0.2, -0.15) is 0 Å². The minimum atomic E-state index is 1.22. The van der Waals surface area contributed by atoms with Crippen LogP contribution in [0.5, 0.6) is 0 Å². The van der Waals surface area contributed by atoms with Crippen molar-refractivity contribution in [1.82, 2.24) is 4.57 Å². The Balaban J connectivity index is 2.20. The summed E-state index contributed by atoms with van der Waals surface area (Å²) in [5.41, 5.74) is 0. The van der Waals surface area contributed by atoms with Gasteiger partial charge in [-0.3, -0.25) is 0 Å². The van der Waals surface area contributed by atoms with Crippen molar-refractivity contribution >= 4 is 0 Å². The van der Waals surface area contributed by atoms with Crippen LogP contribution < -0.4 is 4.57 Å². The van der Waals surface area contributed by atoms with Gasteiger partial charge in [0.2, 0.25) is 0 Å². The van der Waals surface area contributed by atoms with Gasteiger partial charge in [0.15, 0.2) is 0 Å². The van der Waals surface area contributed by atoms with Gasteiger partial charge < -0.3 is 0 Å². The fourth-order valence-corrected chi connectivity index (χ4v) is 6.33. The zero-order valence-corrected chi connectivity index (χ0v) is 28.2. The first-order chi connectivity index (χ1) is 19.8. The summed E-state index contributed by atoms with van der Waals surface area (Å²) in [5, 5.41) is 0. The van der Waals surface area contributed by atoms with E-state index in [9.17, 15) is 0 Å². The van der Waals surface area contributed by atoms with Crippen molar-refractivity contribution in [3.63, 3.8) is 0 Å². The van der Waals surface area contributed by atoms with Crippen molar-refractivity contribution < 1.29 is 4.57 Å². The molecule has 0 aliphatic rings. The largest absolute Gasteiger partial charge is 0.256 e. The smallest absolute Gasteiger partial charge is 0.234 e. The maximum absolute atomic E-state index is 2.62. The van der Waals surface area contributed by atoms with Crippen molar-refractivity contribution in [3.8, 4) is 0 Å². The second-order valence-electron chi connectivity index (χ2n) is 13.0. The Morgan fingerprint density at radius 3 is 1.20 bits per heavy atom. The number of aryl methyl sites for hydroxylation is 2. The van der Waals surface area contributed by atoms with Gasteiger partial charge in [0.25, 0.3) is 5.82 Å². The average Bonchev–Trinajstić information content (AvgIpc) is 3.35. The van der Waals surface area contributed by atoms with Crippen LogP contribution in [0.1, 0.15) is 213 Å². The molecule has 2 nitrogen and oxygen atoms in total. The highest BCUT2D eigenvalue weighted by atomic mass is 15.1. The van der Waals surface area contributed by atoms with Crippen LogP contribution in [0.4, 0.5) is 0 Å². The van der Waals surface area contributed by atoms with Gasteiger partial charge in [0, 0.05) is 6.42 Å². The lowest BCUT2D eigenvalue weighted by molar-refractivity contribution is -0.704. The predicted octanol–water partition coefficient (Wildman–Crippen LogP) is 12.7. The van der Waals surface area contributed by atoms with E-state index in [1.54, 1.807) is 5.82 Å². The third kappa shape index (κ3) is 21.9. The zero-order valence-electron chi connectivity index (χ0n) is 28.2. The van der Waals surface area contributed by atoms with Crippen LogP contribution in [0.3, 0.4) is 0 Å². The number of aromatic nitrogens is 2. The normalized spacial score (nSPS) is 11.6. The van der Waals surface area contributed by atoms with Crippen LogP contribution in [0.15, 0.2) is 12.4 Å². The lowest BCUT2D eigenvalue weighted by Crippen LogP contribution is -2.37. The lowest BCUT2D eigenvalue weighted by Gasteiger charge is -2.07. The van der Waals surface area contributed by atoms with Crippen molar-refractivity contribution in [2.45, 2.75) is 226 Å². The highest BCUT2D eigenvalue weighted by molar-refractivity contribution is 4.84. The molecule has 0 aliphatic carbocycles. The van der Waals surface area contributed by atoms with Crippen molar-refractivity contribution in [2.75, 3.05) is 0 Å². The maximum Gasteiger partial charge on any atom is 0.256 e. The molecule has 1 aromatic rings. The van der Waals surface area contributed by atoms with E-state index in [1.807, 2.05) is 0 Å². The van der Waals surface area contributed by atoms with E-state index < -0.39 is 0 Å². The summed E-state index contributed by atoms with van der Waals surface area (Å²) in [5.74, 6) is 1.61. The molecule has 0 radical (unpaired) electrons. The highest BCUT2D eigenvalue weighted by Crippen LogP contribution is 2.15. The molecule has 1 rings (SSSR count). The minimum Gasteiger partial charge on any atom is -0.234 e. The number of hydrogen-bond donors (Lipinski definition) is 0. The van der Waals surface area contributed by atoms with E-state index in [1.165, 1.54) is 206 Å². The van der Waals surface area contributed by atoms with Crippen molar-refractivity contribution in [1.29, 1.82) is 0 Å². The third-order valence-electron chi connectivity index (χ3n) is 9.10. The summed E-state index contributed by atoms with van der Waals surface area (Å²) in [6.07, 6.45) is 47.4. The van der Waals surface area contributed by atoms with E-state index >= 15 is 0 Å². The first kappa shape index (κ1) is 37.2. The molecule has 0 saturated heterocycles. The third-order valence-corrected chi connectivity index (χ3v) is 9.10. The predicted molar refractivity (Wildman–Crippen MR) is 179 cm³/mol. The zero-order chi connectivity index (χ0) is 28.8. The van der Waals surface area contributed by atoms with Crippen LogP contribution in [0, 0.1) is 0 Å². The molecule has 40 heavy (non-hydrogen) atoms. The van der Waals surface area contributed by atoms with E-state index in [0.29, 0.717) is 0 Å². The minimum absolute atomic E-state index is 1.22. The molecule has 0 unspecified atom stereocenters. The Bertz CT molecular complexity index is 619. The molecule has 1 heterocycles. The van der Waals surface area contributed by atoms with E-state index in [-0.39, 0.29) is 0 Å². The molecule has 0 amide bonds. The molecule has 0 aromatic carbocycles. The molecule has 236 valence electrons. The molecule has 0 N–H and O–H groups in total. The Kier molecular flexibility index (Phi) is 27.6. The highest BCUT2D eigenvalue weighted by Gasteiger charge is 2.16. The Labute approximate surface area is 253 Å². The molecule has 1 aromatic heterocycles. The molecule has 0 aliphatic heterocycles. The van der Waals surface area contributed by atoms with Crippen LogP contribution in [-0.4, -0.2) is 4.57 Å². The summed E-state index contributed by atoms with van der Waals surface area (Å²) in [6, 6.07) is 0. The monoisotopic (exact) mass is 560 g/mol. The quantitative estimate of drug-likeness (QED) is 0.0613. The van der Waals surface area contributed by atoms with Crippen LogP contribution in [0.2, 0.25) is 0 Å². The standard InChI is InChI=1S/C38H75N2/c1-4-7-10-13-15-17-19-20-21-23-25-27-29-32-35-40-37-36-39(34-31-12-9-6-3)38(40)33-30-28-26-24-22-18-16-14-11-8-5-2/h36-37H,4-35H2,1-3H3/q+1. The van der Waals surface area contributed by atoms with Gasteiger partial charge >= 0.3 is 0 Å². The fraction of sp³-hybridized carbons (Fsp3) is 0.921. The summed E-state index contributed by atoms with van der Waals surface area (Å²) in [7, 11) is 0. The molecule has 0 fully saturated rings. The first-order valence-electron chi connectivity index (χ1n) is 18.9. The number of unbranched alkanes of at least 4 members (excludes halogenated alkanes) is 26. The summed E-state index contributed by atoms with van der Waals surface area (Å²) in [4.78, 5) is 0. The van der Waals surface area contributed by atoms with E-state index in [0.717, 1.165) is 0 Å². The molecular weight excluding hydrogens is 484 g/mol. The van der Waals surface area contributed by atoms with Gasteiger partial charge in [0.05, 0.1) is 13.1 Å².